The van der Waals surface area contributed by atoms with Crippen LogP contribution >= 0.6 is 0 Å². The number of nitrogen functional groups attached to an aromatic ring is 2. The number of nitrogens with zero attached hydrogens (tertiary/aromatic N) is 1. The van der Waals surface area contributed by atoms with Crippen LogP contribution < -0.4 is 22.3 Å². The van der Waals surface area contributed by atoms with Crippen LogP contribution in [0.4, 0.5) is 21.8 Å². The van der Waals surface area contributed by atoms with Gasteiger partial charge in [0.25, 0.3) is 11.4 Å². The van der Waals surface area contributed by atoms with Crippen LogP contribution in [0.15, 0.2) is 4.79 Å². The SMILES string of the molecule is CC1(C)OC2C(Nc3nc(N)[nH]c(=O)c3N)OC(F)(CO)C2O1. The first kappa shape index (κ1) is 15.9. The average molecular weight is 331 g/mol. The number of aliphatic hydroxyl groups is 1. The van der Waals surface area contributed by atoms with E-state index in [2.05, 4.69) is 15.3 Å². The quantitative estimate of drug-likeness (QED) is 0.462. The maximum absolute atomic E-state index is 14.7. The summed E-state index contributed by atoms with van der Waals surface area (Å²) in [4.78, 5) is 17.7. The van der Waals surface area contributed by atoms with Crippen LogP contribution in [-0.4, -0.2) is 51.8 Å². The number of nitrogens with one attached hydrogen (secondary N) is 2. The van der Waals surface area contributed by atoms with Gasteiger partial charge in [0.15, 0.2) is 23.9 Å². The van der Waals surface area contributed by atoms with E-state index in [0.29, 0.717) is 0 Å². The fourth-order valence-electron chi connectivity index (χ4n) is 2.67. The molecule has 3 heterocycles. The summed E-state index contributed by atoms with van der Waals surface area (Å²) in [7, 11) is 0. The standard InChI is InChI=1S/C12H18FN5O5/c1-11(2)21-5-6(22-11)12(13,3-19)23-9(5)16-7-4(14)8(20)18-10(15)17-7/h5-6,9,19H,3,14H2,1-2H3,(H4,15,16,17,18,20). The first-order valence-electron chi connectivity index (χ1n) is 6.90. The second-order valence-electron chi connectivity index (χ2n) is 5.86. The summed E-state index contributed by atoms with van der Waals surface area (Å²) < 4.78 is 30.9. The molecule has 0 bridgehead atoms. The highest BCUT2D eigenvalue weighted by atomic mass is 19.2. The first-order valence-corrected chi connectivity index (χ1v) is 6.90. The summed E-state index contributed by atoms with van der Waals surface area (Å²) in [5.74, 6) is -3.76. The summed E-state index contributed by atoms with van der Waals surface area (Å²) in [6.07, 6.45) is -3.13. The van der Waals surface area contributed by atoms with E-state index in [1.807, 2.05) is 0 Å². The smallest absolute Gasteiger partial charge is 0.277 e. The van der Waals surface area contributed by atoms with Crippen LogP contribution in [0, 0.1) is 0 Å². The first-order chi connectivity index (χ1) is 10.6. The number of ether oxygens (including phenoxy) is 3. The molecule has 1 aromatic heterocycles. The lowest BCUT2D eigenvalue weighted by Gasteiger charge is -2.27. The zero-order valence-electron chi connectivity index (χ0n) is 12.5. The molecular formula is C12H18FN5O5. The van der Waals surface area contributed by atoms with Crippen molar-refractivity contribution >= 4 is 17.5 Å². The van der Waals surface area contributed by atoms with Gasteiger partial charge in [-0.1, -0.05) is 0 Å². The second-order valence-corrected chi connectivity index (χ2v) is 5.86. The summed E-state index contributed by atoms with van der Waals surface area (Å²) >= 11 is 0. The van der Waals surface area contributed by atoms with Crippen LogP contribution in [0.1, 0.15) is 13.8 Å². The molecule has 2 aliphatic rings. The number of alkyl halides is 1. The van der Waals surface area contributed by atoms with Crippen LogP contribution in [0.3, 0.4) is 0 Å². The highest BCUT2D eigenvalue weighted by molar-refractivity contribution is 5.61. The molecule has 2 saturated heterocycles. The monoisotopic (exact) mass is 331 g/mol. The number of fused-ring (bicyclic) bond motifs is 1. The second kappa shape index (κ2) is 5.03. The van der Waals surface area contributed by atoms with Gasteiger partial charge in [-0.15, -0.1) is 0 Å². The van der Waals surface area contributed by atoms with Gasteiger partial charge < -0.3 is 36.1 Å². The van der Waals surface area contributed by atoms with Gasteiger partial charge in [0.2, 0.25) is 5.95 Å². The van der Waals surface area contributed by atoms with Crippen LogP contribution in [0.25, 0.3) is 0 Å². The third-order valence-electron chi connectivity index (χ3n) is 3.64. The number of aliphatic hydroxyl groups excluding tert-OH is 1. The van der Waals surface area contributed by atoms with Crippen molar-refractivity contribution in [3.63, 3.8) is 0 Å². The summed E-state index contributed by atoms with van der Waals surface area (Å²) in [6, 6.07) is 0. The molecule has 0 spiro atoms. The number of anilines is 3. The molecule has 2 fully saturated rings. The lowest BCUT2D eigenvalue weighted by molar-refractivity contribution is -0.250. The van der Waals surface area contributed by atoms with E-state index < -0.39 is 42.2 Å². The molecule has 0 amide bonds. The number of rotatable bonds is 3. The number of nitrogens with two attached hydrogens (primary N) is 2. The summed E-state index contributed by atoms with van der Waals surface area (Å²) in [5.41, 5.74) is 10.2. The topological polar surface area (TPSA) is 158 Å². The van der Waals surface area contributed by atoms with Gasteiger partial charge in [0.1, 0.15) is 18.4 Å². The summed E-state index contributed by atoms with van der Waals surface area (Å²) in [5, 5.41) is 12.0. The number of halogens is 1. The normalized spacial score (nSPS) is 35.2. The Hall–Kier alpha value is -1.95. The number of aromatic amines is 1. The van der Waals surface area contributed by atoms with Crippen LogP contribution in [0.2, 0.25) is 0 Å². The molecule has 3 rings (SSSR count). The molecule has 23 heavy (non-hydrogen) atoms. The van der Waals surface area contributed by atoms with Crippen molar-refractivity contribution in [3.05, 3.63) is 10.4 Å². The minimum absolute atomic E-state index is 0.0782. The van der Waals surface area contributed by atoms with E-state index in [9.17, 15) is 14.3 Å². The van der Waals surface area contributed by atoms with Crippen LogP contribution in [0.5, 0.6) is 0 Å². The van der Waals surface area contributed by atoms with Gasteiger partial charge in [-0.25, -0.2) is 4.39 Å². The van der Waals surface area contributed by atoms with Crippen molar-refractivity contribution < 1.29 is 23.7 Å². The molecule has 0 aromatic carbocycles. The van der Waals surface area contributed by atoms with Gasteiger partial charge in [0, 0.05) is 0 Å². The van der Waals surface area contributed by atoms with Crippen molar-refractivity contribution in [1.29, 1.82) is 0 Å². The molecular weight excluding hydrogens is 313 g/mol. The zero-order valence-corrected chi connectivity index (χ0v) is 12.5. The summed E-state index contributed by atoms with van der Waals surface area (Å²) in [6.45, 7) is 2.29. The largest absolute Gasteiger partial charge is 0.391 e. The number of aromatic nitrogens is 2. The van der Waals surface area contributed by atoms with Gasteiger partial charge >= 0.3 is 0 Å². The number of hydrogen-bond donors (Lipinski definition) is 5. The Balaban J connectivity index is 1.91. The molecule has 128 valence electrons. The molecule has 2 aliphatic heterocycles. The third kappa shape index (κ3) is 2.61. The van der Waals surface area contributed by atoms with Gasteiger partial charge in [0.05, 0.1) is 0 Å². The highest BCUT2D eigenvalue weighted by Gasteiger charge is 2.64. The van der Waals surface area contributed by atoms with E-state index in [4.69, 9.17) is 25.7 Å². The van der Waals surface area contributed by atoms with Gasteiger partial charge in [-0.05, 0) is 13.8 Å². The lowest BCUT2D eigenvalue weighted by atomic mass is 10.1. The molecule has 0 saturated carbocycles. The molecule has 4 unspecified atom stereocenters. The van der Waals surface area contributed by atoms with Crippen LogP contribution in [-0.2, 0) is 14.2 Å². The maximum atomic E-state index is 14.7. The fourth-order valence-corrected chi connectivity index (χ4v) is 2.67. The van der Waals surface area contributed by atoms with E-state index >= 15 is 0 Å². The van der Waals surface area contributed by atoms with Crippen molar-refractivity contribution in [2.75, 3.05) is 23.4 Å². The Bertz CT molecular complexity index is 682. The van der Waals surface area contributed by atoms with Gasteiger partial charge in [-0.3, -0.25) is 9.78 Å². The fraction of sp³-hybridized carbons (Fsp3) is 0.667. The predicted octanol–water partition coefficient (Wildman–Crippen LogP) is -1.12. The molecule has 1 aromatic rings. The zero-order chi connectivity index (χ0) is 17.0. The van der Waals surface area contributed by atoms with Crippen molar-refractivity contribution in [3.8, 4) is 0 Å². The van der Waals surface area contributed by atoms with E-state index in [0.717, 1.165) is 0 Å². The Morgan fingerprint density at radius 3 is 2.74 bits per heavy atom. The average Bonchev–Trinajstić information content (AvgIpc) is 2.90. The van der Waals surface area contributed by atoms with Crippen molar-refractivity contribution in [1.82, 2.24) is 9.97 Å². The third-order valence-corrected chi connectivity index (χ3v) is 3.64. The molecule has 0 aliphatic carbocycles. The number of hydrogen-bond acceptors (Lipinski definition) is 9. The Morgan fingerprint density at radius 2 is 2.09 bits per heavy atom. The minimum Gasteiger partial charge on any atom is -0.391 e. The van der Waals surface area contributed by atoms with E-state index in [1.54, 1.807) is 13.8 Å². The maximum Gasteiger partial charge on any atom is 0.277 e. The van der Waals surface area contributed by atoms with Crippen molar-refractivity contribution in [2.45, 2.75) is 43.9 Å². The molecule has 4 atom stereocenters. The molecule has 7 N–H and O–H groups in total. The predicted molar refractivity (Wildman–Crippen MR) is 76.9 cm³/mol. The Labute approximate surface area is 129 Å². The molecule has 11 heteroatoms. The van der Waals surface area contributed by atoms with Gasteiger partial charge in [-0.2, -0.15) is 4.98 Å². The highest BCUT2D eigenvalue weighted by Crippen LogP contribution is 2.44. The minimum atomic E-state index is -2.46. The van der Waals surface area contributed by atoms with E-state index in [-0.39, 0.29) is 17.5 Å². The molecule has 0 radical (unpaired) electrons. The van der Waals surface area contributed by atoms with Crippen molar-refractivity contribution in [2.24, 2.45) is 0 Å². The Morgan fingerprint density at radius 1 is 1.39 bits per heavy atom. The van der Waals surface area contributed by atoms with E-state index in [1.165, 1.54) is 0 Å². The Kier molecular flexibility index (Phi) is 3.48. The molecule has 10 nitrogen and oxygen atoms in total. The number of H-pyrrole nitrogens is 1. The lowest BCUT2D eigenvalue weighted by Crippen LogP contribution is -2.42.